The van der Waals surface area contributed by atoms with E-state index in [0.29, 0.717) is 0 Å². The smallest absolute Gasteiger partial charge is 0.321 e. The van der Waals surface area contributed by atoms with Crippen LogP contribution in [0.3, 0.4) is 0 Å². The molecule has 0 bridgehead atoms. The van der Waals surface area contributed by atoms with E-state index in [1.807, 2.05) is 6.07 Å². The SMILES string of the molecule is CCC(C(=O)O)S(=O)(=O)CCC(C)(C)C#N. The number of carboxylic acid groups (broad SMARTS) is 1. The Bertz CT molecular complexity index is 392. The summed E-state index contributed by atoms with van der Waals surface area (Å²) in [5, 5.41) is 16.1. The zero-order valence-corrected chi connectivity index (χ0v) is 10.5. The van der Waals surface area contributed by atoms with Gasteiger partial charge in [0.1, 0.15) is 0 Å². The van der Waals surface area contributed by atoms with Gasteiger partial charge in [-0.15, -0.1) is 0 Å². The van der Waals surface area contributed by atoms with Crippen LogP contribution in [0.25, 0.3) is 0 Å². The Hall–Kier alpha value is -1.09. The number of sulfone groups is 1. The van der Waals surface area contributed by atoms with Gasteiger partial charge in [0.25, 0.3) is 0 Å². The molecule has 0 aromatic carbocycles. The molecular weight excluding hydrogens is 230 g/mol. The van der Waals surface area contributed by atoms with Crippen molar-refractivity contribution < 1.29 is 18.3 Å². The van der Waals surface area contributed by atoms with E-state index in [0.717, 1.165) is 0 Å². The van der Waals surface area contributed by atoms with Crippen molar-refractivity contribution in [2.75, 3.05) is 5.75 Å². The average molecular weight is 247 g/mol. The quantitative estimate of drug-likeness (QED) is 0.761. The number of hydrogen-bond donors (Lipinski definition) is 1. The highest BCUT2D eigenvalue weighted by Gasteiger charge is 2.32. The van der Waals surface area contributed by atoms with Gasteiger partial charge in [-0.2, -0.15) is 5.26 Å². The Balaban J connectivity index is 4.72. The molecule has 0 rings (SSSR count). The monoisotopic (exact) mass is 247 g/mol. The minimum atomic E-state index is -3.67. The normalized spacial score (nSPS) is 14.1. The fourth-order valence-corrected chi connectivity index (χ4v) is 3.07. The van der Waals surface area contributed by atoms with E-state index in [9.17, 15) is 13.2 Å². The zero-order chi connectivity index (χ0) is 13.0. The Morgan fingerprint density at radius 1 is 1.50 bits per heavy atom. The van der Waals surface area contributed by atoms with Gasteiger partial charge in [0.15, 0.2) is 15.1 Å². The lowest BCUT2D eigenvalue weighted by Gasteiger charge is -2.17. The van der Waals surface area contributed by atoms with Crippen molar-refractivity contribution in [1.82, 2.24) is 0 Å². The van der Waals surface area contributed by atoms with Crippen molar-refractivity contribution in [3.8, 4) is 6.07 Å². The van der Waals surface area contributed by atoms with Gasteiger partial charge in [-0.3, -0.25) is 4.79 Å². The number of nitriles is 1. The molecule has 0 aliphatic carbocycles. The number of hydrogen-bond acceptors (Lipinski definition) is 4. The van der Waals surface area contributed by atoms with Crippen LogP contribution in [-0.4, -0.2) is 30.5 Å². The van der Waals surface area contributed by atoms with Gasteiger partial charge < -0.3 is 5.11 Å². The van der Waals surface area contributed by atoms with Gasteiger partial charge in [-0.1, -0.05) is 6.92 Å². The van der Waals surface area contributed by atoms with Crippen LogP contribution in [0, 0.1) is 16.7 Å². The second-order valence-corrected chi connectivity index (χ2v) is 6.65. The van der Waals surface area contributed by atoms with Gasteiger partial charge >= 0.3 is 5.97 Å². The van der Waals surface area contributed by atoms with Crippen LogP contribution in [0.2, 0.25) is 0 Å². The maximum absolute atomic E-state index is 11.7. The van der Waals surface area contributed by atoms with Crippen LogP contribution in [0.4, 0.5) is 0 Å². The molecule has 0 saturated carbocycles. The summed E-state index contributed by atoms with van der Waals surface area (Å²) in [6, 6.07) is 1.99. The molecule has 0 heterocycles. The molecule has 0 fully saturated rings. The van der Waals surface area contributed by atoms with Crippen molar-refractivity contribution in [1.29, 1.82) is 5.26 Å². The molecule has 5 nitrogen and oxygen atoms in total. The lowest BCUT2D eigenvalue weighted by atomic mass is 9.93. The number of nitrogens with zero attached hydrogens (tertiary/aromatic N) is 1. The molecule has 0 aromatic heterocycles. The largest absolute Gasteiger partial charge is 0.480 e. The molecule has 1 unspecified atom stereocenters. The van der Waals surface area contributed by atoms with E-state index in [2.05, 4.69) is 0 Å². The van der Waals surface area contributed by atoms with Crippen LogP contribution in [0.5, 0.6) is 0 Å². The van der Waals surface area contributed by atoms with Crippen molar-refractivity contribution >= 4 is 15.8 Å². The predicted octanol–water partition coefficient (Wildman–Crippen LogP) is 1.20. The summed E-state index contributed by atoms with van der Waals surface area (Å²) in [6.07, 6.45) is 0.195. The highest BCUT2D eigenvalue weighted by Crippen LogP contribution is 2.21. The van der Waals surface area contributed by atoms with Gasteiger partial charge in [-0.05, 0) is 26.7 Å². The van der Waals surface area contributed by atoms with Crippen molar-refractivity contribution in [2.45, 2.75) is 38.9 Å². The molecule has 0 saturated heterocycles. The van der Waals surface area contributed by atoms with E-state index < -0.39 is 26.5 Å². The molecule has 92 valence electrons. The third-order valence-corrected chi connectivity index (χ3v) is 4.57. The molecule has 0 aromatic rings. The van der Waals surface area contributed by atoms with Crippen LogP contribution in [0.1, 0.15) is 33.6 Å². The Labute approximate surface area is 96.0 Å². The van der Waals surface area contributed by atoms with Gasteiger partial charge in [0, 0.05) is 0 Å². The molecule has 0 aliphatic rings. The fraction of sp³-hybridized carbons (Fsp3) is 0.800. The van der Waals surface area contributed by atoms with Gasteiger partial charge in [0.2, 0.25) is 0 Å². The number of carbonyl (C=O) groups is 1. The first-order valence-electron chi connectivity index (χ1n) is 5.02. The Morgan fingerprint density at radius 3 is 2.31 bits per heavy atom. The van der Waals surface area contributed by atoms with Crippen LogP contribution < -0.4 is 0 Å². The first-order chi connectivity index (χ1) is 7.16. The molecule has 0 spiro atoms. The summed E-state index contributed by atoms with van der Waals surface area (Å²) in [7, 11) is -3.67. The molecule has 1 N–H and O–H groups in total. The number of aliphatic carboxylic acids is 1. The lowest BCUT2D eigenvalue weighted by molar-refractivity contribution is -0.136. The zero-order valence-electron chi connectivity index (χ0n) is 9.73. The van der Waals surface area contributed by atoms with Gasteiger partial charge in [-0.25, -0.2) is 8.42 Å². The minimum Gasteiger partial charge on any atom is -0.480 e. The second kappa shape index (κ2) is 5.30. The molecule has 0 amide bonds. The summed E-state index contributed by atoms with van der Waals surface area (Å²) in [5.41, 5.74) is -0.746. The maximum Gasteiger partial charge on any atom is 0.321 e. The van der Waals surface area contributed by atoms with Crippen molar-refractivity contribution in [3.63, 3.8) is 0 Å². The minimum absolute atomic E-state index is 0.0463. The summed E-state index contributed by atoms with van der Waals surface area (Å²) >= 11 is 0. The fourth-order valence-electron chi connectivity index (χ4n) is 1.18. The Morgan fingerprint density at radius 2 is 2.00 bits per heavy atom. The summed E-state index contributed by atoms with van der Waals surface area (Å²) in [6.45, 7) is 4.78. The molecule has 1 atom stereocenters. The molecule has 0 aliphatic heterocycles. The van der Waals surface area contributed by atoms with E-state index in [-0.39, 0.29) is 18.6 Å². The summed E-state index contributed by atoms with van der Waals surface area (Å²) in [4.78, 5) is 10.7. The van der Waals surface area contributed by atoms with Gasteiger partial charge in [0.05, 0.1) is 17.2 Å². The Kier molecular flexibility index (Phi) is 4.94. The first kappa shape index (κ1) is 14.9. The first-order valence-corrected chi connectivity index (χ1v) is 6.73. The third kappa shape index (κ3) is 4.19. The molecule has 0 radical (unpaired) electrons. The number of carboxylic acids is 1. The topological polar surface area (TPSA) is 95.2 Å². The van der Waals surface area contributed by atoms with E-state index in [1.54, 1.807) is 13.8 Å². The predicted molar refractivity (Wildman–Crippen MR) is 59.5 cm³/mol. The highest BCUT2D eigenvalue weighted by molar-refractivity contribution is 7.92. The standard InChI is InChI=1S/C10H17NO4S/c1-4-8(9(12)13)16(14,15)6-5-10(2,3)7-11/h8H,4-6H2,1-3H3,(H,12,13). The molecule has 6 heteroatoms. The third-order valence-electron chi connectivity index (χ3n) is 2.39. The summed E-state index contributed by atoms with van der Waals surface area (Å²) < 4.78 is 23.4. The van der Waals surface area contributed by atoms with E-state index in [4.69, 9.17) is 10.4 Å². The van der Waals surface area contributed by atoms with E-state index in [1.165, 1.54) is 6.92 Å². The van der Waals surface area contributed by atoms with Crippen molar-refractivity contribution in [2.24, 2.45) is 5.41 Å². The molecular formula is C10H17NO4S. The van der Waals surface area contributed by atoms with Crippen LogP contribution >= 0.6 is 0 Å². The van der Waals surface area contributed by atoms with E-state index >= 15 is 0 Å². The van der Waals surface area contributed by atoms with Crippen molar-refractivity contribution in [3.05, 3.63) is 0 Å². The maximum atomic E-state index is 11.7. The van der Waals surface area contributed by atoms with Crippen LogP contribution in [-0.2, 0) is 14.6 Å². The second-order valence-electron chi connectivity index (χ2n) is 4.35. The highest BCUT2D eigenvalue weighted by atomic mass is 32.2. The number of rotatable bonds is 6. The molecule has 16 heavy (non-hydrogen) atoms. The lowest BCUT2D eigenvalue weighted by Crippen LogP contribution is -2.32. The van der Waals surface area contributed by atoms with Crippen LogP contribution in [0.15, 0.2) is 0 Å². The summed E-state index contributed by atoms with van der Waals surface area (Å²) in [5.74, 6) is -1.59. The average Bonchev–Trinajstić information content (AvgIpc) is 2.15.